The van der Waals surface area contributed by atoms with Crippen LogP contribution in [0.4, 0.5) is 0 Å². The Balaban J connectivity index is 1.95. The number of carbonyl (C=O) groups excluding carboxylic acids is 1. The summed E-state index contributed by atoms with van der Waals surface area (Å²) in [4.78, 5) is 12.3. The molecule has 4 heteroatoms. The fraction of sp³-hybridized carbons (Fsp3) is 0.0833. The molecule has 1 amide bonds. The molecular formula is C12H11NO2S. The van der Waals surface area contributed by atoms with Gasteiger partial charge >= 0.3 is 0 Å². The van der Waals surface area contributed by atoms with Crippen LogP contribution in [0, 0.1) is 0 Å². The van der Waals surface area contributed by atoms with E-state index in [1.807, 2.05) is 17.5 Å². The molecule has 2 aromatic rings. The van der Waals surface area contributed by atoms with Gasteiger partial charge < -0.3 is 10.4 Å². The number of nitrogens with one attached hydrogen (secondary N) is 1. The molecule has 0 saturated carbocycles. The summed E-state index contributed by atoms with van der Waals surface area (Å²) >= 11 is 1.41. The van der Waals surface area contributed by atoms with E-state index in [0.717, 1.165) is 5.56 Å². The Labute approximate surface area is 97.4 Å². The van der Waals surface area contributed by atoms with E-state index in [1.165, 1.54) is 11.3 Å². The molecule has 0 saturated heterocycles. The number of aromatic hydroxyl groups is 1. The van der Waals surface area contributed by atoms with Crippen LogP contribution >= 0.6 is 11.3 Å². The number of benzene rings is 1. The minimum Gasteiger partial charge on any atom is -0.508 e. The van der Waals surface area contributed by atoms with Gasteiger partial charge in [0.05, 0.1) is 4.88 Å². The lowest BCUT2D eigenvalue weighted by atomic mass is 10.2. The molecule has 3 nitrogen and oxygen atoms in total. The SMILES string of the molecule is O=C(NCc1cccc(O)c1)c1cccs1. The molecule has 1 aromatic heterocycles. The second-order valence-electron chi connectivity index (χ2n) is 3.33. The van der Waals surface area contributed by atoms with Gasteiger partial charge in [-0.05, 0) is 29.1 Å². The predicted molar refractivity (Wildman–Crippen MR) is 63.6 cm³/mol. The van der Waals surface area contributed by atoms with Crippen LogP contribution in [0.25, 0.3) is 0 Å². The number of amides is 1. The first-order valence-corrected chi connectivity index (χ1v) is 5.73. The third kappa shape index (κ3) is 2.61. The summed E-state index contributed by atoms with van der Waals surface area (Å²) in [7, 11) is 0. The Bertz CT molecular complexity index is 480. The zero-order valence-electron chi connectivity index (χ0n) is 8.51. The Morgan fingerprint density at radius 1 is 1.31 bits per heavy atom. The van der Waals surface area contributed by atoms with E-state index < -0.39 is 0 Å². The first kappa shape index (κ1) is 10.7. The highest BCUT2D eigenvalue weighted by Crippen LogP contribution is 2.11. The number of hydrogen-bond acceptors (Lipinski definition) is 3. The van der Waals surface area contributed by atoms with Crippen LogP contribution < -0.4 is 5.32 Å². The molecule has 0 radical (unpaired) electrons. The van der Waals surface area contributed by atoms with E-state index in [1.54, 1.807) is 24.3 Å². The third-order valence-electron chi connectivity index (χ3n) is 2.11. The van der Waals surface area contributed by atoms with Crippen molar-refractivity contribution in [3.63, 3.8) is 0 Å². The molecule has 0 unspecified atom stereocenters. The highest BCUT2D eigenvalue weighted by Gasteiger charge is 2.05. The van der Waals surface area contributed by atoms with Gasteiger partial charge in [0.2, 0.25) is 0 Å². The molecule has 0 aliphatic rings. The summed E-state index contributed by atoms with van der Waals surface area (Å²) in [5.41, 5.74) is 0.880. The lowest BCUT2D eigenvalue weighted by molar-refractivity contribution is 0.0955. The Kier molecular flexibility index (Phi) is 3.22. The van der Waals surface area contributed by atoms with Crippen molar-refractivity contribution < 1.29 is 9.90 Å². The lowest BCUT2D eigenvalue weighted by Crippen LogP contribution is -2.21. The number of rotatable bonds is 3. The number of phenolic OH excluding ortho intramolecular Hbond substituents is 1. The van der Waals surface area contributed by atoms with Gasteiger partial charge in [0.15, 0.2) is 0 Å². The normalized spacial score (nSPS) is 10.0. The predicted octanol–water partition coefficient (Wildman–Crippen LogP) is 2.38. The van der Waals surface area contributed by atoms with Gasteiger partial charge in [0.1, 0.15) is 5.75 Å². The monoisotopic (exact) mass is 233 g/mol. The summed E-state index contributed by atoms with van der Waals surface area (Å²) in [5.74, 6) is 0.126. The van der Waals surface area contributed by atoms with Crippen LogP contribution in [-0.4, -0.2) is 11.0 Å². The molecule has 0 bridgehead atoms. The molecule has 0 fully saturated rings. The molecule has 0 spiro atoms. The number of phenols is 1. The maximum Gasteiger partial charge on any atom is 0.261 e. The van der Waals surface area contributed by atoms with Gasteiger partial charge in [-0.25, -0.2) is 0 Å². The molecule has 0 aliphatic heterocycles. The van der Waals surface area contributed by atoms with E-state index in [9.17, 15) is 9.90 Å². The average Bonchev–Trinajstić information content (AvgIpc) is 2.79. The van der Waals surface area contributed by atoms with Crippen molar-refractivity contribution in [3.05, 3.63) is 52.2 Å². The number of hydrogen-bond donors (Lipinski definition) is 2. The van der Waals surface area contributed by atoms with Crippen LogP contribution in [0.5, 0.6) is 5.75 Å². The van der Waals surface area contributed by atoms with Gasteiger partial charge in [0, 0.05) is 6.54 Å². The Morgan fingerprint density at radius 3 is 2.88 bits per heavy atom. The van der Waals surface area contributed by atoms with Crippen LogP contribution in [0.15, 0.2) is 41.8 Å². The van der Waals surface area contributed by atoms with Crippen molar-refractivity contribution >= 4 is 17.2 Å². The van der Waals surface area contributed by atoms with Crippen LogP contribution in [0.2, 0.25) is 0 Å². The first-order valence-electron chi connectivity index (χ1n) is 4.85. The Morgan fingerprint density at radius 2 is 2.19 bits per heavy atom. The molecule has 1 aromatic carbocycles. The molecule has 0 atom stereocenters. The molecule has 2 rings (SSSR count). The molecular weight excluding hydrogens is 222 g/mol. The maximum atomic E-state index is 11.6. The third-order valence-corrected chi connectivity index (χ3v) is 2.98. The van der Waals surface area contributed by atoms with Crippen LogP contribution in [0.1, 0.15) is 15.2 Å². The summed E-state index contributed by atoms with van der Waals surface area (Å²) in [6.07, 6.45) is 0. The van der Waals surface area contributed by atoms with E-state index in [4.69, 9.17) is 0 Å². The molecule has 1 heterocycles. The number of thiophene rings is 1. The second-order valence-corrected chi connectivity index (χ2v) is 4.28. The first-order chi connectivity index (χ1) is 7.75. The fourth-order valence-corrected chi connectivity index (χ4v) is 1.98. The van der Waals surface area contributed by atoms with E-state index >= 15 is 0 Å². The highest BCUT2D eigenvalue weighted by molar-refractivity contribution is 7.12. The lowest BCUT2D eigenvalue weighted by Gasteiger charge is -2.03. The largest absolute Gasteiger partial charge is 0.508 e. The second kappa shape index (κ2) is 4.81. The van der Waals surface area contributed by atoms with E-state index in [-0.39, 0.29) is 11.7 Å². The van der Waals surface area contributed by atoms with Crippen LogP contribution in [0.3, 0.4) is 0 Å². The molecule has 16 heavy (non-hydrogen) atoms. The van der Waals surface area contributed by atoms with E-state index in [2.05, 4.69) is 5.32 Å². The van der Waals surface area contributed by atoms with Crippen molar-refractivity contribution in [3.8, 4) is 5.75 Å². The van der Waals surface area contributed by atoms with Gasteiger partial charge in [-0.2, -0.15) is 0 Å². The summed E-state index contributed by atoms with van der Waals surface area (Å²) in [6, 6.07) is 10.5. The minimum atomic E-state index is -0.0849. The average molecular weight is 233 g/mol. The smallest absolute Gasteiger partial charge is 0.261 e. The van der Waals surface area contributed by atoms with Gasteiger partial charge in [-0.15, -0.1) is 11.3 Å². The molecule has 82 valence electrons. The highest BCUT2D eigenvalue weighted by atomic mass is 32.1. The van der Waals surface area contributed by atoms with Crippen molar-refractivity contribution in [1.82, 2.24) is 5.32 Å². The van der Waals surface area contributed by atoms with Gasteiger partial charge in [-0.3, -0.25) is 4.79 Å². The zero-order valence-corrected chi connectivity index (χ0v) is 9.33. The van der Waals surface area contributed by atoms with Crippen LogP contribution in [-0.2, 0) is 6.54 Å². The van der Waals surface area contributed by atoms with Crippen molar-refractivity contribution in [2.45, 2.75) is 6.54 Å². The fourth-order valence-electron chi connectivity index (χ4n) is 1.34. The summed E-state index contributed by atoms with van der Waals surface area (Å²) in [5, 5.41) is 13.9. The van der Waals surface area contributed by atoms with Gasteiger partial charge in [0.25, 0.3) is 5.91 Å². The number of carbonyl (C=O) groups is 1. The van der Waals surface area contributed by atoms with Crippen molar-refractivity contribution in [1.29, 1.82) is 0 Å². The van der Waals surface area contributed by atoms with Crippen molar-refractivity contribution in [2.24, 2.45) is 0 Å². The zero-order chi connectivity index (χ0) is 11.4. The summed E-state index contributed by atoms with van der Waals surface area (Å²) in [6.45, 7) is 0.422. The molecule has 2 N–H and O–H groups in total. The van der Waals surface area contributed by atoms with E-state index in [0.29, 0.717) is 11.4 Å². The Hall–Kier alpha value is -1.81. The minimum absolute atomic E-state index is 0.0849. The van der Waals surface area contributed by atoms with Gasteiger partial charge in [-0.1, -0.05) is 18.2 Å². The topological polar surface area (TPSA) is 49.3 Å². The quantitative estimate of drug-likeness (QED) is 0.855. The summed E-state index contributed by atoms with van der Waals surface area (Å²) < 4.78 is 0. The maximum absolute atomic E-state index is 11.6. The standard InChI is InChI=1S/C12H11NO2S/c14-10-4-1-3-9(7-10)8-13-12(15)11-5-2-6-16-11/h1-7,14H,8H2,(H,13,15). The van der Waals surface area contributed by atoms with Crippen molar-refractivity contribution in [2.75, 3.05) is 0 Å². The molecule has 0 aliphatic carbocycles.